The minimum absolute atomic E-state index is 0.0185. The highest BCUT2D eigenvalue weighted by atomic mass is 19.1. The fourth-order valence-corrected chi connectivity index (χ4v) is 2.11. The molecule has 4 nitrogen and oxygen atoms in total. The zero-order valence-corrected chi connectivity index (χ0v) is 9.52. The molecule has 0 saturated heterocycles. The van der Waals surface area contributed by atoms with Crippen LogP contribution in [0.15, 0.2) is 18.2 Å². The highest BCUT2D eigenvalue weighted by Crippen LogP contribution is 2.34. The van der Waals surface area contributed by atoms with E-state index in [1.165, 1.54) is 12.1 Å². The zero-order chi connectivity index (χ0) is 12.4. The van der Waals surface area contributed by atoms with Gasteiger partial charge in [-0.3, -0.25) is 4.79 Å². The fraction of sp³-hybridized carbons (Fsp3) is 0.417. The van der Waals surface area contributed by atoms with Gasteiger partial charge in [0.15, 0.2) is 0 Å². The summed E-state index contributed by atoms with van der Waals surface area (Å²) in [6, 6.07) is 4.11. The molecule has 1 aromatic rings. The van der Waals surface area contributed by atoms with Gasteiger partial charge in [-0.2, -0.15) is 0 Å². The summed E-state index contributed by atoms with van der Waals surface area (Å²) in [5.41, 5.74) is 0.756. The van der Waals surface area contributed by atoms with E-state index in [-0.39, 0.29) is 24.9 Å². The lowest BCUT2D eigenvalue weighted by atomic mass is 10.1. The first-order valence-corrected chi connectivity index (χ1v) is 5.52. The number of aliphatic carboxylic acids is 1. The number of rotatable bonds is 3. The summed E-state index contributed by atoms with van der Waals surface area (Å²) in [6.07, 6.45) is 0.0185. The van der Waals surface area contributed by atoms with Crippen LogP contribution < -0.4 is 9.64 Å². The van der Waals surface area contributed by atoms with Gasteiger partial charge in [-0.15, -0.1) is 0 Å². The summed E-state index contributed by atoms with van der Waals surface area (Å²) in [7, 11) is 0. The number of hydrogen-bond donors (Lipinski definition) is 1. The summed E-state index contributed by atoms with van der Waals surface area (Å²) < 4.78 is 18.4. The third-order valence-electron chi connectivity index (χ3n) is 2.85. The van der Waals surface area contributed by atoms with Gasteiger partial charge in [-0.1, -0.05) is 0 Å². The number of halogens is 1. The van der Waals surface area contributed by atoms with Crippen LogP contribution in [0.5, 0.6) is 5.75 Å². The smallest absolute Gasteiger partial charge is 0.305 e. The minimum Gasteiger partial charge on any atom is -0.489 e. The normalized spacial score (nSPS) is 18.5. The molecule has 0 radical (unpaired) electrons. The van der Waals surface area contributed by atoms with Crippen molar-refractivity contribution in [1.82, 2.24) is 0 Å². The Morgan fingerprint density at radius 2 is 2.41 bits per heavy atom. The Hall–Kier alpha value is -1.78. The Kier molecular flexibility index (Phi) is 3.17. The Labute approximate surface area is 98.6 Å². The van der Waals surface area contributed by atoms with Gasteiger partial charge >= 0.3 is 5.97 Å². The minimum atomic E-state index is -0.859. The number of likely N-dealkylation sites (N-methyl/N-ethyl adjacent to an activating group) is 1. The molecule has 0 spiro atoms. The highest BCUT2D eigenvalue weighted by molar-refractivity contribution is 5.70. The van der Waals surface area contributed by atoms with Crippen LogP contribution in [-0.2, 0) is 4.79 Å². The van der Waals surface area contributed by atoms with Gasteiger partial charge in [-0.25, -0.2) is 4.39 Å². The molecular weight excluding hydrogens is 225 g/mol. The van der Waals surface area contributed by atoms with E-state index in [4.69, 9.17) is 9.84 Å². The van der Waals surface area contributed by atoms with E-state index in [0.29, 0.717) is 12.3 Å². The first-order valence-electron chi connectivity index (χ1n) is 5.52. The number of hydrogen-bond acceptors (Lipinski definition) is 3. The van der Waals surface area contributed by atoms with E-state index >= 15 is 0 Å². The van der Waals surface area contributed by atoms with Crippen molar-refractivity contribution in [3.05, 3.63) is 24.0 Å². The Bertz CT molecular complexity index is 436. The Balaban J connectivity index is 2.29. The van der Waals surface area contributed by atoms with Gasteiger partial charge in [-0.05, 0) is 19.1 Å². The van der Waals surface area contributed by atoms with E-state index in [9.17, 15) is 9.18 Å². The number of benzene rings is 1. The molecule has 1 aliphatic heterocycles. The van der Waals surface area contributed by atoms with E-state index in [1.54, 1.807) is 6.07 Å². The van der Waals surface area contributed by atoms with Crippen LogP contribution in [0.1, 0.15) is 13.3 Å². The van der Waals surface area contributed by atoms with Crippen molar-refractivity contribution >= 4 is 11.7 Å². The maximum absolute atomic E-state index is 13.0. The third kappa shape index (κ3) is 2.33. The molecule has 1 aliphatic rings. The molecule has 1 aromatic carbocycles. The summed E-state index contributed by atoms with van der Waals surface area (Å²) in [4.78, 5) is 12.7. The second-order valence-corrected chi connectivity index (χ2v) is 3.96. The predicted octanol–water partition coefficient (Wildman–Crippen LogP) is 1.89. The Morgan fingerprint density at radius 3 is 3.06 bits per heavy atom. The Morgan fingerprint density at radius 1 is 1.65 bits per heavy atom. The second-order valence-electron chi connectivity index (χ2n) is 3.96. The van der Waals surface area contributed by atoms with Crippen molar-refractivity contribution in [1.29, 1.82) is 0 Å². The van der Waals surface area contributed by atoms with Crippen molar-refractivity contribution in [2.24, 2.45) is 0 Å². The van der Waals surface area contributed by atoms with Crippen LogP contribution in [0, 0.1) is 5.82 Å². The van der Waals surface area contributed by atoms with Crippen LogP contribution in [0.3, 0.4) is 0 Å². The number of carboxylic acids is 1. The van der Waals surface area contributed by atoms with Crippen molar-refractivity contribution in [2.45, 2.75) is 19.4 Å². The van der Waals surface area contributed by atoms with Gasteiger partial charge in [0.25, 0.3) is 0 Å². The van der Waals surface area contributed by atoms with Crippen LogP contribution in [0.4, 0.5) is 10.1 Å². The molecule has 17 heavy (non-hydrogen) atoms. The quantitative estimate of drug-likeness (QED) is 0.875. The highest BCUT2D eigenvalue weighted by Gasteiger charge is 2.28. The van der Waals surface area contributed by atoms with E-state index < -0.39 is 5.97 Å². The molecule has 1 heterocycles. The molecule has 0 saturated carbocycles. The van der Waals surface area contributed by atoms with Crippen LogP contribution in [0.25, 0.3) is 0 Å². The summed E-state index contributed by atoms with van der Waals surface area (Å²) in [6.45, 7) is 2.88. The van der Waals surface area contributed by atoms with Crippen molar-refractivity contribution in [3.8, 4) is 5.75 Å². The number of fused-ring (bicyclic) bond motifs is 1. The number of nitrogens with zero attached hydrogens (tertiary/aromatic N) is 1. The van der Waals surface area contributed by atoms with Gasteiger partial charge in [0.2, 0.25) is 0 Å². The topological polar surface area (TPSA) is 49.8 Å². The second kappa shape index (κ2) is 4.61. The predicted molar refractivity (Wildman–Crippen MR) is 61.0 cm³/mol. The number of anilines is 1. The van der Waals surface area contributed by atoms with Crippen LogP contribution >= 0.6 is 0 Å². The molecular formula is C12H14FNO3. The fourth-order valence-electron chi connectivity index (χ4n) is 2.11. The third-order valence-corrected chi connectivity index (χ3v) is 2.85. The van der Waals surface area contributed by atoms with E-state index in [2.05, 4.69) is 0 Å². The molecule has 5 heteroatoms. The standard InChI is InChI=1S/C12H14FNO3/c1-2-14-9(6-12(15)16)7-17-11-5-8(13)3-4-10(11)14/h3-5,9H,2,6-7H2,1H3,(H,15,16)/t9-/m1/s1. The molecule has 92 valence electrons. The lowest BCUT2D eigenvalue weighted by Crippen LogP contribution is -2.44. The van der Waals surface area contributed by atoms with E-state index in [0.717, 1.165) is 5.69 Å². The number of carbonyl (C=O) groups is 1. The number of carboxylic acid groups (broad SMARTS) is 1. The lowest BCUT2D eigenvalue weighted by molar-refractivity contribution is -0.137. The maximum atomic E-state index is 13.0. The maximum Gasteiger partial charge on any atom is 0.305 e. The molecule has 2 rings (SSSR count). The van der Waals surface area contributed by atoms with E-state index in [1.807, 2.05) is 11.8 Å². The molecule has 0 aliphatic carbocycles. The van der Waals surface area contributed by atoms with Crippen molar-refractivity contribution in [2.75, 3.05) is 18.1 Å². The first-order chi connectivity index (χ1) is 8.11. The summed E-state index contributed by atoms with van der Waals surface area (Å²) >= 11 is 0. The van der Waals surface area contributed by atoms with Gasteiger partial charge in [0.05, 0.1) is 18.2 Å². The molecule has 0 fully saturated rings. The van der Waals surface area contributed by atoms with Gasteiger partial charge < -0.3 is 14.7 Å². The monoisotopic (exact) mass is 239 g/mol. The molecule has 0 bridgehead atoms. The zero-order valence-electron chi connectivity index (χ0n) is 9.52. The van der Waals surface area contributed by atoms with Gasteiger partial charge in [0.1, 0.15) is 18.2 Å². The molecule has 0 amide bonds. The SMILES string of the molecule is CCN1c2ccc(F)cc2OC[C@H]1CC(=O)O. The summed E-state index contributed by atoms with van der Waals surface area (Å²) in [5, 5.41) is 8.83. The molecule has 1 N–H and O–H groups in total. The van der Waals surface area contributed by atoms with Crippen LogP contribution in [0.2, 0.25) is 0 Å². The molecule has 0 aromatic heterocycles. The van der Waals surface area contributed by atoms with Crippen molar-refractivity contribution < 1.29 is 19.0 Å². The lowest BCUT2D eigenvalue weighted by Gasteiger charge is -2.37. The molecule has 0 unspecified atom stereocenters. The largest absolute Gasteiger partial charge is 0.489 e. The summed E-state index contributed by atoms with van der Waals surface area (Å²) in [5.74, 6) is -0.729. The average molecular weight is 239 g/mol. The number of ether oxygens (including phenoxy) is 1. The van der Waals surface area contributed by atoms with Crippen LogP contribution in [-0.4, -0.2) is 30.3 Å². The van der Waals surface area contributed by atoms with Gasteiger partial charge in [0, 0.05) is 12.6 Å². The molecule has 1 atom stereocenters. The average Bonchev–Trinajstić information content (AvgIpc) is 2.28. The van der Waals surface area contributed by atoms with Crippen molar-refractivity contribution in [3.63, 3.8) is 0 Å². The first kappa shape index (κ1) is 11.7.